The number of imide groups is 1. The number of amides is 3. The maximum absolute atomic E-state index is 13.4. The summed E-state index contributed by atoms with van der Waals surface area (Å²) in [7, 11) is 1.61. The second kappa shape index (κ2) is 9.27. The van der Waals surface area contributed by atoms with Gasteiger partial charge in [0.2, 0.25) is 0 Å². The Bertz CT molecular complexity index is 1070. The lowest BCUT2D eigenvalue weighted by Gasteiger charge is -2.22. The van der Waals surface area contributed by atoms with Gasteiger partial charge in [-0.05, 0) is 53.8 Å². The van der Waals surface area contributed by atoms with Gasteiger partial charge in [0.1, 0.15) is 11.8 Å². The molecule has 5 nitrogen and oxygen atoms in total. The lowest BCUT2D eigenvalue weighted by molar-refractivity contribution is -0.119. The van der Waals surface area contributed by atoms with E-state index < -0.39 is 6.04 Å². The van der Waals surface area contributed by atoms with Gasteiger partial charge in [0.05, 0.1) is 12.8 Å². The number of carbonyl (C=O) groups is 2. The van der Waals surface area contributed by atoms with Gasteiger partial charge in [-0.2, -0.15) is 0 Å². The second-order valence-electron chi connectivity index (χ2n) is 7.34. The predicted octanol–water partition coefficient (Wildman–Crippen LogP) is 5.00. The SMILES string of the molecule is COc1cccc(CN2C(=O)N(c3ccc(SC)cc3)C(=O)[C@@H]2Cc2ccccc2)c1. The van der Waals surface area contributed by atoms with E-state index in [0.29, 0.717) is 18.7 Å². The number of hydrogen-bond donors (Lipinski definition) is 0. The van der Waals surface area contributed by atoms with Crippen molar-refractivity contribution in [1.29, 1.82) is 0 Å². The molecule has 3 aromatic carbocycles. The fourth-order valence-corrected chi connectivity index (χ4v) is 4.20. The highest BCUT2D eigenvalue weighted by molar-refractivity contribution is 7.98. The molecule has 0 spiro atoms. The van der Waals surface area contributed by atoms with Crippen LogP contribution in [0.3, 0.4) is 0 Å². The van der Waals surface area contributed by atoms with Crippen molar-refractivity contribution in [3.8, 4) is 5.75 Å². The Morgan fingerprint density at radius 1 is 0.903 bits per heavy atom. The highest BCUT2D eigenvalue weighted by Crippen LogP contribution is 2.30. The van der Waals surface area contributed by atoms with E-state index in [1.165, 1.54) is 4.90 Å². The average molecular weight is 433 g/mol. The van der Waals surface area contributed by atoms with Crippen LogP contribution >= 0.6 is 11.8 Å². The number of methoxy groups -OCH3 is 1. The molecule has 0 N–H and O–H groups in total. The normalized spacial score (nSPS) is 16.1. The van der Waals surface area contributed by atoms with Crippen LogP contribution in [0.1, 0.15) is 11.1 Å². The summed E-state index contributed by atoms with van der Waals surface area (Å²) in [5.74, 6) is 0.522. The zero-order valence-electron chi connectivity index (χ0n) is 17.5. The first-order chi connectivity index (χ1) is 15.1. The molecular weight excluding hydrogens is 408 g/mol. The third kappa shape index (κ3) is 4.44. The zero-order valence-corrected chi connectivity index (χ0v) is 18.3. The van der Waals surface area contributed by atoms with Gasteiger partial charge < -0.3 is 9.64 Å². The molecule has 4 rings (SSSR count). The van der Waals surface area contributed by atoms with Crippen LogP contribution in [0.5, 0.6) is 5.75 Å². The van der Waals surface area contributed by atoms with Gasteiger partial charge in [-0.1, -0.05) is 42.5 Å². The topological polar surface area (TPSA) is 49.9 Å². The minimum atomic E-state index is -0.568. The number of carbonyl (C=O) groups excluding carboxylic acids is 2. The molecule has 0 bridgehead atoms. The predicted molar refractivity (Wildman–Crippen MR) is 124 cm³/mol. The van der Waals surface area contributed by atoms with Crippen molar-refractivity contribution in [2.45, 2.75) is 23.9 Å². The Hall–Kier alpha value is -3.25. The molecule has 0 saturated carbocycles. The highest BCUT2D eigenvalue weighted by Gasteiger charge is 2.45. The smallest absolute Gasteiger partial charge is 0.332 e. The molecule has 0 radical (unpaired) electrons. The van der Waals surface area contributed by atoms with Gasteiger partial charge in [0.25, 0.3) is 5.91 Å². The number of ether oxygens (including phenoxy) is 1. The second-order valence-corrected chi connectivity index (χ2v) is 8.22. The first-order valence-corrected chi connectivity index (χ1v) is 11.3. The van der Waals surface area contributed by atoms with Crippen LogP contribution in [-0.4, -0.2) is 36.2 Å². The monoisotopic (exact) mass is 432 g/mol. The minimum Gasteiger partial charge on any atom is -0.497 e. The molecule has 31 heavy (non-hydrogen) atoms. The van der Waals surface area contributed by atoms with Crippen molar-refractivity contribution < 1.29 is 14.3 Å². The molecule has 6 heteroatoms. The Morgan fingerprint density at radius 3 is 2.29 bits per heavy atom. The zero-order chi connectivity index (χ0) is 21.8. The molecule has 0 aliphatic carbocycles. The lowest BCUT2D eigenvalue weighted by Crippen LogP contribution is -2.36. The standard InChI is InChI=1S/C25H24N2O3S/c1-30-21-10-6-9-19(15-21)17-26-23(16-18-7-4-3-5-8-18)24(28)27(25(26)29)20-11-13-22(31-2)14-12-20/h3-15,23H,16-17H2,1-2H3/t23-/m0/s1. The molecule has 1 fully saturated rings. The number of benzene rings is 3. The summed E-state index contributed by atoms with van der Waals surface area (Å²) in [6.07, 6.45) is 2.46. The van der Waals surface area contributed by atoms with Crippen LogP contribution in [0.4, 0.5) is 10.5 Å². The third-order valence-corrected chi connectivity index (χ3v) is 6.15. The minimum absolute atomic E-state index is 0.200. The van der Waals surface area contributed by atoms with E-state index in [9.17, 15) is 9.59 Å². The largest absolute Gasteiger partial charge is 0.497 e. The van der Waals surface area contributed by atoms with Crippen molar-refractivity contribution in [3.63, 3.8) is 0 Å². The molecule has 3 aromatic rings. The first-order valence-electron chi connectivity index (χ1n) is 10.1. The summed E-state index contributed by atoms with van der Waals surface area (Å²) in [4.78, 5) is 30.9. The van der Waals surface area contributed by atoms with E-state index >= 15 is 0 Å². The van der Waals surface area contributed by atoms with Crippen molar-refractivity contribution in [1.82, 2.24) is 4.90 Å². The summed E-state index contributed by atoms with van der Waals surface area (Å²) >= 11 is 1.62. The van der Waals surface area contributed by atoms with Crippen LogP contribution in [0.15, 0.2) is 83.8 Å². The van der Waals surface area contributed by atoms with Gasteiger partial charge in [-0.25, -0.2) is 9.69 Å². The van der Waals surface area contributed by atoms with Crippen LogP contribution in [0, 0.1) is 0 Å². The Balaban J connectivity index is 1.67. The summed E-state index contributed by atoms with van der Waals surface area (Å²) < 4.78 is 5.32. The van der Waals surface area contributed by atoms with Crippen molar-refractivity contribution >= 4 is 29.4 Å². The maximum Gasteiger partial charge on any atom is 0.332 e. The van der Waals surface area contributed by atoms with E-state index in [0.717, 1.165) is 21.8 Å². The van der Waals surface area contributed by atoms with E-state index in [1.54, 1.807) is 23.8 Å². The lowest BCUT2D eigenvalue weighted by atomic mass is 10.0. The van der Waals surface area contributed by atoms with Crippen molar-refractivity contribution in [2.75, 3.05) is 18.3 Å². The third-order valence-electron chi connectivity index (χ3n) is 5.41. The van der Waals surface area contributed by atoms with E-state index in [2.05, 4.69) is 0 Å². The summed E-state index contributed by atoms with van der Waals surface area (Å²) in [6.45, 7) is 0.332. The number of anilines is 1. The van der Waals surface area contributed by atoms with Gasteiger partial charge in [0.15, 0.2) is 0 Å². The molecule has 1 heterocycles. The number of urea groups is 1. The van der Waals surface area contributed by atoms with Gasteiger partial charge in [-0.15, -0.1) is 11.8 Å². The van der Waals surface area contributed by atoms with Crippen molar-refractivity contribution in [3.05, 3.63) is 90.0 Å². The molecule has 0 unspecified atom stereocenters. The van der Waals surface area contributed by atoms with E-state index in [4.69, 9.17) is 4.74 Å². The van der Waals surface area contributed by atoms with E-state index in [-0.39, 0.29) is 11.9 Å². The fraction of sp³-hybridized carbons (Fsp3) is 0.200. The first kappa shape index (κ1) is 21.0. The summed E-state index contributed by atoms with van der Waals surface area (Å²) in [5, 5.41) is 0. The Kier molecular flexibility index (Phi) is 6.28. The molecule has 158 valence electrons. The van der Waals surface area contributed by atoms with Gasteiger partial charge in [-0.3, -0.25) is 4.79 Å². The fourth-order valence-electron chi connectivity index (χ4n) is 3.79. The van der Waals surface area contributed by atoms with E-state index in [1.807, 2.05) is 85.1 Å². The number of thioether (sulfide) groups is 1. The number of rotatable bonds is 7. The molecule has 0 aromatic heterocycles. The molecule has 1 aliphatic rings. The van der Waals surface area contributed by atoms with Crippen molar-refractivity contribution in [2.24, 2.45) is 0 Å². The van der Waals surface area contributed by atoms with Crippen LogP contribution < -0.4 is 9.64 Å². The van der Waals surface area contributed by atoms with Crippen LogP contribution in [0.25, 0.3) is 0 Å². The summed E-state index contributed by atoms with van der Waals surface area (Å²) in [5.41, 5.74) is 2.53. The van der Waals surface area contributed by atoms with Gasteiger partial charge in [0, 0.05) is 17.9 Å². The van der Waals surface area contributed by atoms with Crippen LogP contribution in [-0.2, 0) is 17.8 Å². The molecule has 1 aliphatic heterocycles. The maximum atomic E-state index is 13.4. The molecular formula is C25H24N2O3S. The van der Waals surface area contributed by atoms with Gasteiger partial charge >= 0.3 is 6.03 Å². The molecule has 3 amide bonds. The number of nitrogens with zero attached hydrogens (tertiary/aromatic N) is 2. The van der Waals surface area contributed by atoms with Crippen LogP contribution in [0.2, 0.25) is 0 Å². The Labute approximate surface area is 186 Å². The number of hydrogen-bond acceptors (Lipinski definition) is 4. The molecule has 1 atom stereocenters. The molecule has 1 saturated heterocycles. The Morgan fingerprint density at radius 2 is 1.61 bits per heavy atom. The summed E-state index contributed by atoms with van der Waals surface area (Å²) in [6, 6.07) is 24.0. The highest BCUT2D eigenvalue weighted by atomic mass is 32.2. The average Bonchev–Trinajstić information content (AvgIpc) is 3.04. The quantitative estimate of drug-likeness (QED) is 0.390.